The highest BCUT2D eigenvalue weighted by Crippen LogP contribution is 2.33. The molecule has 0 saturated carbocycles. The van der Waals surface area contributed by atoms with E-state index in [1.807, 2.05) is 59.3 Å². The zero-order valence-electron chi connectivity index (χ0n) is 11.9. The largest absolute Gasteiger partial charge is 0.404 e. The van der Waals surface area contributed by atoms with Crippen molar-refractivity contribution in [3.63, 3.8) is 0 Å². The van der Waals surface area contributed by atoms with Crippen molar-refractivity contribution in [3.8, 4) is 10.4 Å². The predicted molar refractivity (Wildman–Crippen MR) is 96.8 cm³/mol. The fraction of sp³-hybridized carbons (Fsp3) is 0. The third-order valence-corrected chi connectivity index (χ3v) is 5.16. The minimum absolute atomic E-state index is 0.325. The van der Waals surface area contributed by atoms with Crippen molar-refractivity contribution >= 4 is 45.0 Å². The minimum Gasteiger partial charge on any atom is -0.404 e. The number of hydrogen-bond acceptors (Lipinski definition) is 5. The third-order valence-electron chi connectivity index (χ3n) is 3.39. The summed E-state index contributed by atoms with van der Waals surface area (Å²) in [7, 11) is 0. The summed E-state index contributed by atoms with van der Waals surface area (Å²) in [4.78, 5) is 18.6. The van der Waals surface area contributed by atoms with Crippen LogP contribution in [0.2, 0.25) is 0 Å². The van der Waals surface area contributed by atoms with E-state index in [2.05, 4.69) is 4.98 Å². The number of aromatic nitrogens is 1. The molecule has 112 valence electrons. The monoisotopic (exact) mass is 337 g/mol. The van der Waals surface area contributed by atoms with Gasteiger partial charge in [0.1, 0.15) is 10.2 Å². The van der Waals surface area contributed by atoms with Gasteiger partial charge in [-0.15, -0.1) is 22.7 Å². The van der Waals surface area contributed by atoms with Crippen LogP contribution in [0.3, 0.4) is 0 Å². The Balaban J connectivity index is 1.77. The summed E-state index contributed by atoms with van der Waals surface area (Å²) in [5.74, 6) is 0.325. The maximum Gasteiger partial charge on any atom is 0.348 e. The van der Waals surface area contributed by atoms with Crippen molar-refractivity contribution in [1.29, 1.82) is 0 Å². The van der Waals surface area contributed by atoms with Crippen molar-refractivity contribution in [1.82, 2.24) is 4.98 Å². The van der Waals surface area contributed by atoms with E-state index in [9.17, 15) is 4.79 Å². The number of benzene rings is 1. The lowest BCUT2D eigenvalue weighted by atomic mass is 10.2. The van der Waals surface area contributed by atoms with Crippen LogP contribution in [0, 0.1) is 0 Å². The van der Waals surface area contributed by atoms with Gasteiger partial charge in [-0.05, 0) is 23.1 Å². The lowest BCUT2D eigenvalue weighted by molar-refractivity contribution is 0.491. The molecule has 0 amide bonds. The molecule has 0 unspecified atom stereocenters. The molecule has 0 atom stereocenters. The van der Waals surface area contributed by atoms with Gasteiger partial charge in [-0.1, -0.05) is 36.4 Å². The van der Waals surface area contributed by atoms with Gasteiger partial charge in [0.25, 0.3) is 0 Å². The Morgan fingerprint density at radius 2 is 1.87 bits per heavy atom. The molecule has 1 aromatic carbocycles. The molecule has 0 radical (unpaired) electrons. The Morgan fingerprint density at radius 3 is 2.65 bits per heavy atom. The maximum absolute atomic E-state index is 12.4. The van der Waals surface area contributed by atoms with E-state index in [0.29, 0.717) is 16.1 Å². The van der Waals surface area contributed by atoms with E-state index in [1.165, 1.54) is 11.3 Å². The highest BCUT2D eigenvalue weighted by molar-refractivity contribution is 7.18. The summed E-state index contributed by atoms with van der Waals surface area (Å²) in [6, 6.07) is 13.8. The molecule has 0 aliphatic rings. The number of rotatable bonds is 3. The van der Waals surface area contributed by atoms with Gasteiger partial charge in [0.15, 0.2) is 0 Å². The van der Waals surface area contributed by atoms with E-state index in [1.54, 1.807) is 17.4 Å². The van der Waals surface area contributed by atoms with Crippen molar-refractivity contribution in [2.75, 3.05) is 0 Å². The van der Waals surface area contributed by atoms with Crippen LogP contribution in [0.25, 0.3) is 32.8 Å². The molecule has 4 aromatic rings. The van der Waals surface area contributed by atoms with Crippen LogP contribution in [0.1, 0.15) is 11.5 Å². The smallest absolute Gasteiger partial charge is 0.348 e. The average Bonchev–Trinajstić information content (AvgIpc) is 3.23. The molecule has 23 heavy (non-hydrogen) atoms. The second-order valence-corrected chi connectivity index (χ2v) is 6.70. The Morgan fingerprint density at radius 1 is 1.00 bits per heavy atom. The number of nitrogens with zero attached hydrogens (tertiary/aromatic N) is 1. The van der Waals surface area contributed by atoms with E-state index < -0.39 is 0 Å². The Hall–Kier alpha value is -2.50. The van der Waals surface area contributed by atoms with Crippen molar-refractivity contribution in [2.45, 2.75) is 0 Å². The van der Waals surface area contributed by atoms with Crippen LogP contribution in [-0.4, -0.2) is 4.98 Å². The fourth-order valence-electron chi connectivity index (χ4n) is 2.31. The second-order valence-electron chi connectivity index (χ2n) is 4.89. The molecule has 0 fully saturated rings. The van der Waals surface area contributed by atoms with E-state index in [0.717, 1.165) is 16.0 Å². The first-order chi connectivity index (χ1) is 11.3. The first-order valence-corrected chi connectivity index (χ1v) is 8.76. The lowest BCUT2D eigenvalue weighted by Crippen LogP contribution is -2.01. The fourth-order valence-corrected chi connectivity index (χ4v) is 4.06. The van der Waals surface area contributed by atoms with E-state index in [-0.39, 0.29) is 5.63 Å². The van der Waals surface area contributed by atoms with Crippen LogP contribution in [-0.2, 0) is 0 Å². The van der Waals surface area contributed by atoms with Crippen molar-refractivity contribution in [2.24, 2.45) is 0 Å². The van der Waals surface area contributed by atoms with Gasteiger partial charge in [0.2, 0.25) is 5.89 Å². The Kier molecular flexibility index (Phi) is 3.65. The molecular formula is C18H11NO2S2. The van der Waals surface area contributed by atoms with Gasteiger partial charge in [0, 0.05) is 21.9 Å². The van der Waals surface area contributed by atoms with Crippen LogP contribution in [0.15, 0.2) is 62.4 Å². The third kappa shape index (κ3) is 2.76. The maximum atomic E-state index is 12.4. The van der Waals surface area contributed by atoms with Gasteiger partial charge < -0.3 is 4.42 Å². The molecular weight excluding hydrogens is 326 g/mol. The van der Waals surface area contributed by atoms with Crippen molar-refractivity contribution in [3.05, 3.63) is 75.1 Å². The minimum atomic E-state index is -0.340. The molecule has 0 aliphatic carbocycles. The van der Waals surface area contributed by atoms with Crippen LogP contribution < -0.4 is 5.63 Å². The van der Waals surface area contributed by atoms with Gasteiger partial charge in [0.05, 0.1) is 0 Å². The summed E-state index contributed by atoms with van der Waals surface area (Å²) in [5.41, 5.74) is 1.59. The first kappa shape index (κ1) is 14.1. The van der Waals surface area contributed by atoms with Crippen molar-refractivity contribution < 1.29 is 4.42 Å². The summed E-state index contributed by atoms with van der Waals surface area (Å²) in [5, 5.41) is 4.52. The van der Waals surface area contributed by atoms with Gasteiger partial charge in [-0.25, -0.2) is 9.78 Å². The second kappa shape index (κ2) is 5.95. The lowest BCUT2D eigenvalue weighted by Gasteiger charge is -1.96. The molecule has 3 heterocycles. The number of hydrogen-bond donors (Lipinski definition) is 0. The first-order valence-electron chi connectivity index (χ1n) is 7.00. The van der Waals surface area contributed by atoms with Gasteiger partial charge in [-0.2, -0.15) is 0 Å². The molecule has 4 rings (SSSR count). The summed E-state index contributed by atoms with van der Waals surface area (Å²) in [6.45, 7) is 0. The Bertz CT molecular complexity index is 1030. The van der Waals surface area contributed by atoms with Crippen LogP contribution in [0.4, 0.5) is 0 Å². The molecule has 3 nitrogen and oxygen atoms in total. The molecule has 5 heteroatoms. The zero-order valence-corrected chi connectivity index (χ0v) is 13.6. The van der Waals surface area contributed by atoms with E-state index in [4.69, 9.17) is 4.42 Å². The van der Waals surface area contributed by atoms with Gasteiger partial charge >= 0.3 is 5.63 Å². The van der Waals surface area contributed by atoms with Crippen LogP contribution in [0.5, 0.6) is 0 Å². The predicted octanol–water partition coefficient (Wildman–Crippen LogP) is 5.15. The topological polar surface area (TPSA) is 43.1 Å². The summed E-state index contributed by atoms with van der Waals surface area (Å²) in [6.07, 6.45) is 3.60. The average molecular weight is 337 g/mol. The molecule has 0 spiro atoms. The molecule has 0 saturated heterocycles. The molecule has 0 N–H and O–H groups in total. The number of thiophene rings is 2. The molecule has 0 bridgehead atoms. The Labute approximate surface area is 140 Å². The SMILES string of the molecule is O=c1oc(/C=C/c2ccccc2)nc2scc(-c3cccs3)c12. The quantitative estimate of drug-likeness (QED) is 0.519. The highest BCUT2D eigenvalue weighted by atomic mass is 32.1. The van der Waals surface area contributed by atoms with Crippen LogP contribution >= 0.6 is 22.7 Å². The highest BCUT2D eigenvalue weighted by Gasteiger charge is 2.14. The van der Waals surface area contributed by atoms with E-state index >= 15 is 0 Å². The normalized spacial score (nSPS) is 11.5. The summed E-state index contributed by atoms with van der Waals surface area (Å²) < 4.78 is 5.37. The molecule has 3 aromatic heterocycles. The zero-order chi connectivity index (χ0) is 15.6. The number of fused-ring (bicyclic) bond motifs is 1. The van der Waals surface area contributed by atoms with Gasteiger partial charge in [-0.3, -0.25) is 0 Å². The summed E-state index contributed by atoms with van der Waals surface area (Å²) >= 11 is 3.06. The molecule has 0 aliphatic heterocycles. The standard InChI is InChI=1S/C18H11NO2S2/c20-18-16-13(14-7-4-10-22-14)11-23-17(16)19-15(21-18)9-8-12-5-2-1-3-6-12/h1-11H/b9-8+.